The van der Waals surface area contributed by atoms with Gasteiger partial charge in [-0.2, -0.15) is 8.42 Å². The van der Waals surface area contributed by atoms with Gasteiger partial charge in [-0.15, -0.1) is 0 Å². The Hall–Kier alpha value is -0.950. The monoisotopic (exact) mass is 308 g/mol. The van der Waals surface area contributed by atoms with E-state index >= 15 is 0 Å². The van der Waals surface area contributed by atoms with Gasteiger partial charge in [-0.1, -0.05) is 39.5 Å². The summed E-state index contributed by atoms with van der Waals surface area (Å²) in [6, 6.07) is 0. The molecular formula is C13H24O6S. The second kappa shape index (κ2) is 9.07. The highest BCUT2D eigenvalue weighted by molar-refractivity contribution is 7.87. The fourth-order valence-electron chi connectivity index (χ4n) is 1.91. The van der Waals surface area contributed by atoms with Crippen LogP contribution in [0, 0.1) is 5.92 Å². The molecule has 6 nitrogen and oxygen atoms in total. The van der Waals surface area contributed by atoms with Crippen molar-refractivity contribution in [1.29, 1.82) is 0 Å². The fraction of sp³-hybridized carbons (Fsp3) is 0.846. The Balaban J connectivity index is 4.12. The van der Waals surface area contributed by atoms with E-state index in [0.717, 1.165) is 25.7 Å². The minimum absolute atomic E-state index is 0.0145. The number of carboxylic acid groups (broad SMARTS) is 1. The van der Waals surface area contributed by atoms with Crippen LogP contribution in [0.4, 0.5) is 0 Å². The Morgan fingerprint density at radius 2 is 1.60 bits per heavy atom. The van der Waals surface area contributed by atoms with Gasteiger partial charge in [0, 0.05) is 6.42 Å². The van der Waals surface area contributed by atoms with Crippen LogP contribution in [0.5, 0.6) is 0 Å². The molecule has 2 N–H and O–H groups in total. The lowest BCUT2D eigenvalue weighted by Gasteiger charge is -2.10. The summed E-state index contributed by atoms with van der Waals surface area (Å²) in [5.74, 6) is -1.51. The predicted octanol–water partition coefficient (Wildman–Crippen LogP) is 2.28. The molecule has 0 fully saturated rings. The summed E-state index contributed by atoms with van der Waals surface area (Å²) in [4.78, 5) is 22.2. The van der Waals surface area contributed by atoms with Crippen LogP contribution in [0.3, 0.4) is 0 Å². The van der Waals surface area contributed by atoms with E-state index in [1.807, 2.05) is 0 Å². The molecule has 7 heteroatoms. The van der Waals surface area contributed by atoms with Crippen LogP contribution in [-0.2, 0) is 19.7 Å². The highest BCUT2D eigenvalue weighted by Gasteiger charge is 2.32. The molecule has 0 aromatic carbocycles. The molecule has 118 valence electrons. The van der Waals surface area contributed by atoms with Crippen molar-refractivity contribution < 1.29 is 27.7 Å². The summed E-state index contributed by atoms with van der Waals surface area (Å²) >= 11 is 0. The molecule has 0 amide bonds. The first-order valence-electron chi connectivity index (χ1n) is 6.85. The summed E-state index contributed by atoms with van der Waals surface area (Å²) in [5, 5.41) is 6.72. The van der Waals surface area contributed by atoms with Gasteiger partial charge in [0.15, 0.2) is 11.0 Å². The maximum atomic E-state index is 11.7. The van der Waals surface area contributed by atoms with Gasteiger partial charge in [-0.3, -0.25) is 14.1 Å². The lowest BCUT2D eigenvalue weighted by atomic mass is 10.0. The molecule has 0 spiro atoms. The molecule has 1 unspecified atom stereocenters. The SMILES string of the molecule is CC(C)CCCCCCC(=O)C(CC(=O)O)S(=O)(=O)O. The van der Waals surface area contributed by atoms with Crippen LogP contribution in [0.15, 0.2) is 0 Å². The highest BCUT2D eigenvalue weighted by Crippen LogP contribution is 2.14. The number of Topliss-reactive ketones (excluding diaryl/α,β-unsaturated/α-hetero) is 1. The third-order valence-corrected chi connectivity index (χ3v) is 4.18. The standard InChI is InChI=1S/C13H24O6S/c1-10(2)7-5-3-4-6-8-11(14)12(9-13(15)16)20(17,18)19/h10,12H,3-9H2,1-2H3,(H,15,16)(H,17,18,19). The molecule has 0 saturated heterocycles. The molecule has 0 radical (unpaired) electrons. The number of carboxylic acids is 1. The molecule has 0 aromatic heterocycles. The molecule has 20 heavy (non-hydrogen) atoms. The lowest BCUT2D eigenvalue weighted by molar-refractivity contribution is -0.138. The molecular weight excluding hydrogens is 284 g/mol. The van der Waals surface area contributed by atoms with Gasteiger partial charge in [-0.05, 0) is 12.3 Å². The normalized spacial score (nSPS) is 13.4. The second-order valence-electron chi connectivity index (χ2n) is 5.41. The van der Waals surface area contributed by atoms with Crippen LogP contribution in [0.1, 0.15) is 58.8 Å². The van der Waals surface area contributed by atoms with Gasteiger partial charge >= 0.3 is 5.97 Å². The highest BCUT2D eigenvalue weighted by atomic mass is 32.2. The summed E-state index contributed by atoms with van der Waals surface area (Å²) < 4.78 is 30.9. The van der Waals surface area contributed by atoms with Crippen molar-refractivity contribution in [3.8, 4) is 0 Å². The Labute approximate surface area is 120 Å². The predicted molar refractivity (Wildman–Crippen MR) is 75.1 cm³/mol. The van der Waals surface area contributed by atoms with Crippen molar-refractivity contribution in [2.24, 2.45) is 5.92 Å². The van der Waals surface area contributed by atoms with Crippen LogP contribution >= 0.6 is 0 Å². The van der Waals surface area contributed by atoms with E-state index in [1.54, 1.807) is 0 Å². The molecule has 0 bridgehead atoms. The first-order chi connectivity index (χ1) is 9.14. The molecule has 0 aliphatic rings. The summed E-state index contributed by atoms with van der Waals surface area (Å²) in [5.41, 5.74) is 0. The van der Waals surface area contributed by atoms with Crippen molar-refractivity contribution >= 4 is 21.9 Å². The Morgan fingerprint density at radius 3 is 2.05 bits per heavy atom. The van der Waals surface area contributed by atoms with Crippen LogP contribution in [-0.4, -0.2) is 35.1 Å². The number of carbonyl (C=O) groups excluding carboxylic acids is 1. The molecule has 1 atom stereocenters. The minimum atomic E-state index is -4.65. The van der Waals surface area contributed by atoms with Crippen molar-refractivity contribution in [3.05, 3.63) is 0 Å². The third kappa shape index (κ3) is 9.03. The van der Waals surface area contributed by atoms with E-state index in [9.17, 15) is 18.0 Å². The molecule has 0 heterocycles. The molecule has 0 saturated carbocycles. The topological polar surface area (TPSA) is 109 Å². The zero-order valence-electron chi connectivity index (χ0n) is 12.0. The second-order valence-corrected chi connectivity index (χ2v) is 7.01. The van der Waals surface area contributed by atoms with E-state index in [1.165, 1.54) is 0 Å². The summed E-state index contributed by atoms with van der Waals surface area (Å²) in [6.07, 6.45) is 3.54. The van der Waals surface area contributed by atoms with Crippen molar-refractivity contribution in [2.75, 3.05) is 0 Å². The Kier molecular flexibility index (Phi) is 8.64. The zero-order chi connectivity index (χ0) is 15.8. The molecule has 0 aliphatic carbocycles. The quantitative estimate of drug-likeness (QED) is 0.448. The average Bonchev–Trinajstić information content (AvgIpc) is 2.28. The fourth-order valence-corrected chi connectivity index (χ4v) is 2.71. The number of hydrogen-bond donors (Lipinski definition) is 2. The van der Waals surface area contributed by atoms with E-state index in [-0.39, 0.29) is 6.42 Å². The van der Waals surface area contributed by atoms with Gasteiger partial charge < -0.3 is 5.11 Å². The first-order valence-corrected chi connectivity index (χ1v) is 8.35. The average molecular weight is 308 g/mol. The third-order valence-electron chi connectivity index (χ3n) is 3.03. The number of rotatable bonds is 11. The lowest BCUT2D eigenvalue weighted by Crippen LogP contribution is -2.32. The van der Waals surface area contributed by atoms with E-state index in [0.29, 0.717) is 12.3 Å². The van der Waals surface area contributed by atoms with Crippen LogP contribution < -0.4 is 0 Å². The van der Waals surface area contributed by atoms with Crippen LogP contribution in [0.25, 0.3) is 0 Å². The zero-order valence-corrected chi connectivity index (χ0v) is 12.9. The van der Waals surface area contributed by atoms with Crippen molar-refractivity contribution in [2.45, 2.75) is 64.0 Å². The summed E-state index contributed by atoms with van der Waals surface area (Å²) in [7, 11) is -4.65. The Morgan fingerprint density at radius 1 is 1.05 bits per heavy atom. The smallest absolute Gasteiger partial charge is 0.305 e. The van der Waals surface area contributed by atoms with Gasteiger partial charge in [0.25, 0.3) is 10.1 Å². The number of unbranched alkanes of at least 4 members (excludes halogenated alkanes) is 3. The number of hydrogen-bond acceptors (Lipinski definition) is 4. The molecule has 0 rings (SSSR count). The van der Waals surface area contributed by atoms with Crippen molar-refractivity contribution in [1.82, 2.24) is 0 Å². The van der Waals surface area contributed by atoms with Crippen LogP contribution in [0.2, 0.25) is 0 Å². The van der Waals surface area contributed by atoms with Gasteiger partial charge in [-0.25, -0.2) is 0 Å². The van der Waals surface area contributed by atoms with E-state index < -0.39 is 33.5 Å². The van der Waals surface area contributed by atoms with Crippen molar-refractivity contribution in [3.63, 3.8) is 0 Å². The number of aliphatic carboxylic acids is 1. The van der Waals surface area contributed by atoms with Gasteiger partial charge in [0.05, 0.1) is 6.42 Å². The number of carbonyl (C=O) groups is 2. The Bertz CT molecular complexity index is 413. The van der Waals surface area contributed by atoms with Gasteiger partial charge in [0.1, 0.15) is 0 Å². The molecule has 0 aliphatic heterocycles. The number of ketones is 1. The van der Waals surface area contributed by atoms with E-state index in [4.69, 9.17) is 9.66 Å². The maximum absolute atomic E-state index is 11.7. The summed E-state index contributed by atoms with van der Waals surface area (Å²) in [6.45, 7) is 4.26. The molecule has 0 aromatic rings. The maximum Gasteiger partial charge on any atom is 0.305 e. The largest absolute Gasteiger partial charge is 0.481 e. The van der Waals surface area contributed by atoms with E-state index in [2.05, 4.69) is 13.8 Å². The first kappa shape index (κ1) is 19.1. The van der Waals surface area contributed by atoms with Gasteiger partial charge in [0.2, 0.25) is 0 Å². The minimum Gasteiger partial charge on any atom is -0.481 e.